The van der Waals surface area contributed by atoms with Gasteiger partial charge in [-0.3, -0.25) is 24.3 Å². The maximum absolute atomic E-state index is 13.5. The molecule has 1 aliphatic heterocycles. The second-order valence-corrected chi connectivity index (χ2v) is 7.97. The van der Waals surface area contributed by atoms with Gasteiger partial charge in [0.15, 0.2) is 0 Å². The predicted octanol–water partition coefficient (Wildman–Crippen LogP) is 2.28. The third kappa shape index (κ3) is 3.68. The summed E-state index contributed by atoms with van der Waals surface area (Å²) >= 11 is 0. The van der Waals surface area contributed by atoms with Gasteiger partial charge in [0.1, 0.15) is 12.4 Å². The zero-order valence-electron chi connectivity index (χ0n) is 17.9. The molecule has 164 valence electrons. The highest BCUT2D eigenvalue weighted by atomic mass is 16.5. The van der Waals surface area contributed by atoms with E-state index in [2.05, 4.69) is 10.3 Å². The lowest BCUT2D eigenvalue weighted by Crippen LogP contribution is -2.58. The van der Waals surface area contributed by atoms with Crippen molar-refractivity contribution < 1.29 is 19.1 Å². The van der Waals surface area contributed by atoms with Crippen LogP contribution < -0.4 is 10.9 Å². The number of imide groups is 1. The van der Waals surface area contributed by atoms with E-state index in [0.29, 0.717) is 5.52 Å². The highest BCUT2D eigenvalue weighted by molar-refractivity contribution is 6.11. The van der Waals surface area contributed by atoms with E-state index < -0.39 is 28.9 Å². The summed E-state index contributed by atoms with van der Waals surface area (Å²) in [6, 6.07) is 14.2. The molecule has 1 unspecified atom stereocenters. The quantitative estimate of drug-likeness (QED) is 0.384. The minimum atomic E-state index is -2.03. The molecular weight excluding hydrogens is 410 g/mol. The van der Waals surface area contributed by atoms with Crippen LogP contribution in [0.1, 0.15) is 36.2 Å². The lowest BCUT2D eigenvalue weighted by atomic mass is 9.91. The molecule has 32 heavy (non-hydrogen) atoms. The molecule has 1 aromatic heterocycles. The summed E-state index contributed by atoms with van der Waals surface area (Å²) in [5.41, 5.74) is -0.433. The predicted molar refractivity (Wildman–Crippen MR) is 117 cm³/mol. The summed E-state index contributed by atoms with van der Waals surface area (Å²) in [6.07, 6.45) is 0.237. The van der Waals surface area contributed by atoms with Gasteiger partial charge >= 0.3 is 5.97 Å². The minimum absolute atomic E-state index is 0.0575. The number of hydrogen-bond donors (Lipinski definition) is 1. The Balaban J connectivity index is 1.87. The van der Waals surface area contributed by atoms with Gasteiger partial charge in [-0.05, 0) is 49.9 Å². The van der Waals surface area contributed by atoms with Crippen LogP contribution in [0.25, 0.3) is 10.9 Å². The Kier molecular flexibility index (Phi) is 5.61. The van der Waals surface area contributed by atoms with E-state index >= 15 is 0 Å². The van der Waals surface area contributed by atoms with Gasteiger partial charge in [0.05, 0.1) is 10.9 Å². The van der Waals surface area contributed by atoms with Crippen molar-refractivity contribution in [3.05, 3.63) is 75.8 Å². The molecule has 0 spiro atoms. The average Bonchev–Trinajstić information content (AvgIpc) is 2.90. The standard InChI is InChI=1S/C24H23N3O5/c1-15-10-11-18-19(13-15)25-16(2)27(21(18)29)24(12-6-9-20(28)26-22(24)30)23(31)32-14-17-7-4-3-5-8-17/h3-5,7-8,10-11,13H,6,9,12,14H2,1-2H3,(H,26,28,30). The fraction of sp³-hybridized carbons (Fsp3) is 0.292. The van der Waals surface area contributed by atoms with E-state index in [1.54, 1.807) is 49.4 Å². The number of carbonyl (C=O) groups is 3. The first kappa shape index (κ1) is 21.4. The van der Waals surface area contributed by atoms with Crippen LogP contribution in [0.2, 0.25) is 0 Å². The molecule has 2 heterocycles. The van der Waals surface area contributed by atoms with Crippen LogP contribution in [-0.2, 0) is 31.3 Å². The van der Waals surface area contributed by atoms with Crippen LogP contribution in [0.3, 0.4) is 0 Å². The molecule has 0 saturated carbocycles. The second-order valence-electron chi connectivity index (χ2n) is 7.97. The summed E-state index contributed by atoms with van der Waals surface area (Å²) in [5.74, 6) is -2.08. The summed E-state index contributed by atoms with van der Waals surface area (Å²) in [7, 11) is 0. The molecule has 2 aromatic carbocycles. The Morgan fingerprint density at radius 3 is 2.62 bits per heavy atom. The van der Waals surface area contributed by atoms with E-state index in [4.69, 9.17) is 4.74 Å². The topological polar surface area (TPSA) is 107 Å². The lowest BCUT2D eigenvalue weighted by Gasteiger charge is -2.31. The van der Waals surface area contributed by atoms with Gasteiger partial charge in [-0.2, -0.15) is 0 Å². The number of rotatable bonds is 4. The number of aryl methyl sites for hydroxylation is 2. The Morgan fingerprint density at radius 2 is 1.88 bits per heavy atom. The van der Waals surface area contributed by atoms with Crippen LogP contribution in [0.4, 0.5) is 0 Å². The van der Waals surface area contributed by atoms with Crippen LogP contribution >= 0.6 is 0 Å². The third-order valence-electron chi connectivity index (χ3n) is 5.70. The molecule has 2 amide bonds. The van der Waals surface area contributed by atoms with Crippen LogP contribution in [-0.4, -0.2) is 27.3 Å². The van der Waals surface area contributed by atoms with Crippen molar-refractivity contribution in [3.63, 3.8) is 0 Å². The van der Waals surface area contributed by atoms with Crippen LogP contribution in [0, 0.1) is 13.8 Å². The van der Waals surface area contributed by atoms with Gasteiger partial charge in [-0.25, -0.2) is 9.78 Å². The fourth-order valence-electron chi connectivity index (χ4n) is 4.11. The lowest BCUT2D eigenvalue weighted by molar-refractivity contribution is -0.161. The molecule has 1 atom stereocenters. The highest BCUT2D eigenvalue weighted by Crippen LogP contribution is 2.30. The summed E-state index contributed by atoms with van der Waals surface area (Å²) in [4.78, 5) is 56.8. The molecule has 3 aromatic rings. The zero-order valence-corrected chi connectivity index (χ0v) is 17.9. The number of carbonyl (C=O) groups excluding carboxylic acids is 3. The minimum Gasteiger partial charge on any atom is -0.459 e. The molecule has 8 nitrogen and oxygen atoms in total. The summed E-state index contributed by atoms with van der Waals surface area (Å²) in [5, 5.41) is 2.53. The number of nitrogens with one attached hydrogen (secondary N) is 1. The Morgan fingerprint density at radius 1 is 1.12 bits per heavy atom. The van der Waals surface area contributed by atoms with Gasteiger partial charge < -0.3 is 4.74 Å². The number of esters is 1. The molecule has 1 fully saturated rings. The van der Waals surface area contributed by atoms with Gasteiger partial charge in [-0.1, -0.05) is 36.4 Å². The molecule has 4 rings (SSSR count). The van der Waals surface area contributed by atoms with E-state index in [-0.39, 0.29) is 37.1 Å². The Bertz CT molecular complexity index is 1280. The van der Waals surface area contributed by atoms with Crippen LogP contribution in [0.15, 0.2) is 53.3 Å². The van der Waals surface area contributed by atoms with Gasteiger partial charge in [0.2, 0.25) is 11.4 Å². The Hall–Kier alpha value is -3.81. The number of hydrogen-bond acceptors (Lipinski definition) is 6. The van der Waals surface area contributed by atoms with E-state index in [1.807, 2.05) is 13.0 Å². The fourth-order valence-corrected chi connectivity index (χ4v) is 4.11. The number of aromatic nitrogens is 2. The maximum Gasteiger partial charge on any atom is 0.342 e. The summed E-state index contributed by atoms with van der Waals surface area (Å²) < 4.78 is 6.62. The number of fused-ring (bicyclic) bond motifs is 1. The van der Waals surface area contributed by atoms with Gasteiger partial charge in [-0.15, -0.1) is 0 Å². The van der Waals surface area contributed by atoms with E-state index in [9.17, 15) is 19.2 Å². The Labute approximate surface area is 184 Å². The molecule has 0 bridgehead atoms. The number of ether oxygens (including phenoxy) is 1. The first-order chi connectivity index (χ1) is 15.3. The molecule has 8 heteroatoms. The smallest absolute Gasteiger partial charge is 0.342 e. The summed E-state index contributed by atoms with van der Waals surface area (Å²) in [6.45, 7) is 3.38. The first-order valence-corrected chi connectivity index (χ1v) is 10.4. The van der Waals surface area contributed by atoms with Crippen molar-refractivity contribution in [3.8, 4) is 0 Å². The largest absolute Gasteiger partial charge is 0.459 e. The maximum atomic E-state index is 13.5. The van der Waals surface area contributed by atoms with E-state index in [0.717, 1.165) is 15.7 Å². The molecule has 1 N–H and O–H groups in total. The molecule has 1 aliphatic rings. The average molecular weight is 433 g/mol. The van der Waals surface area contributed by atoms with Gasteiger partial charge in [0, 0.05) is 6.42 Å². The van der Waals surface area contributed by atoms with Crippen molar-refractivity contribution in [1.82, 2.24) is 14.9 Å². The molecule has 0 radical (unpaired) electrons. The molecule has 1 saturated heterocycles. The highest BCUT2D eigenvalue weighted by Gasteiger charge is 2.52. The van der Waals surface area contributed by atoms with Gasteiger partial charge in [0.25, 0.3) is 11.5 Å². The van der Waals surface area contributed by atoms with E-state index in [1.165, 1.54) is 0 Å². The van der Waals surface area contributed by atoms with Crippen molar-refractivity contribution in [1.29, 1.82) is 0 Å². The number of benzene rings is 2. The second kappa shape index (κ2) is 8.37. The number of amides is 2. The van der Waals surface area contributed by atoms with Crippen molar-refractivity contribution in [2.75, 3.05) is 0 Å². The SMILES string of the molecule is Cc1ccc2c(=O)n(C3(C(=O)OCc4ccccc4)CCCC(=O)NC3=O)c(C)nc2c1. The zero-order chi connectivity index (χ0) is 22.9. The normalized spacial score (nSPS) is 18.8. The molecule has 0 aliphatic carbocycles. The third-order valence-corrected chi connectivity index (χ3v) is 5.70. The van der Waals surface area contributed by atoms with Crippen molar-refractivity contribution >= 4 is 28.7 Å². The molecular formula is C24H23N3O5. The monoisotopic (exact) mass is 433 g/mol. The first-order valence-electron chi connectivity index (χ1n) is 10.4. The number of nitrogens with zero attached hydrogens (tertiary/aromatic N) is 2. The van der Waals surface area contributed by atoms with Crippen molar-refractivity contribution in [2.45, 2.75) is 45.3 Å². The van der Waals surface area contributed by atoms with Crippen LogP contribution in [0.5, 0.6) is 0 Å². The van der Waals surface area contributed by atoms with Crippen molar-refractivity contribution in [2.24, 2.45) is 0 Å².